The van der Waals surface area contributed by atoms with E-state index in [1.807, 2.05) is 6.07 Å². The summed E-state index contributed by atoms with van der Waals surface area (Å²) < 4.78 is 0. The summed E-state index contributed by atoms with van der Waals surface area (Å²) >= 11 is 0. The second kappa shape index (κ2) is 7.74. The van der Waals surface area contributed by atoms with Crippen LogP contribution in [0.15, 0.2) is 24.3 Å². The number of benzene rings is 1. The Morgan fingerprint density at radius 2 is 2.00 bits per heavy atom. The number of rotatable bonds is 4. The third kappa shape index (κ3) is 4.63. The van der Waals surface area contributed by atoms with Gasteiger partial charge in [0.1, 0.15) is 0 Å². The molecule has 7 nitrogen and oxygen atoms in total. The number of nitrogens with one attached hydrogen (secondary N) is 3. The van der Waals surface area contributed by atoms with Crippen LogP contribution < -0.4 is 20.9 Å². The van der Waals surface area contributed by atoms with Crippen LogP contribution in [0.4, 0.5) is 21.0 Å². The van der Waals surface area contributed by atoms with E-state index in [1.165, 1.54) is 0 Å². The molecule has 2 fully saturated rings. The highest BCUT2D eigenvalue weighted by atomic mass is 16.3. The molecule has 4 N–H and O–H groups in total. The Morgan fingerprint density at radius 3 is 2.68 bits per heavy atom. The highest BCUT2D eigenvalue weighted by Gasteiger charge is 2.28. The van der Waals surface area contributed by atoms with Gasteiger partial charge < -0.3 is 21.1 Å². The first-order valence-electron chi connectivity index (χ1n) is 8.98. The Hall–Kier alpha value is -2.28. The van der Waals surface area contributed by atoms with Gasteiger partial charge in [-0.15, -0.1) is 0 Å². The topological polar surface area (TPSA) is 93.7 Å². The third-order valence-corrected chi connectivity index (χ3v) is 4.88. The second-order valence-electron chi connectivity index (χ2n) is 6.88. The van der Waals surface area contributed by atoms with E-state index in [0.29, 0.717) is 18.8 Å². The molecule has 0 bridgehead atoms. The molecule has 0 spiro atoms. The van der Waals surface area contributed by atoms with Crippen LogP contribution in [-0.4, -0.2) is 42.4 Å². The summed E-state index contributed by atoms with van der Waals surface area (Å²) in [6, 6.07) is 6.71. The minimum absolute atomic E-state index is 0.128. The molecule has 0 unspecified atom stereocenters. The molecular formula is C18H26N4O3. The van der Waals surface area contributed by atoms with Crippen molar-refractivity contribution in [2.75, 3.05) is 29.9 Å². The molecule has 1 aromatic carbocycles. The van der Waals surface area contributed by atoms with Crippen LogP contribution in [0.2, 0.25) is 0 Å². The molecule has 3 rings (SSSR count). The summed E-state index contributed by atoms with van der Waals surface area (Å²) in [6.45, 7) is 1.49. The fourth-order valence-electron chi connectivity index (χ4n) is 3.45. The van der Waals surface area contributed by atoms with E-state index in [0.717, 1.165) is 44.2 Å². The summed E-state index contributed by atoms with van der Waals surface area (Å²) in [4.78, 5) is 25.5. The lowest BCUT2D eigenvalue weighted by Crippen LogP contribution is -2.44. The lowest BCUT2D eigenvalue weighted by molar-refractivity contribution is 0.0281. The minimum atomic E-state index is -0.802. The van der Waals surface area contributed by atoms with E-state index < -0.39 is 5.60 Å². The van der Waals surface area contributed by atoms with Gasteiger partial charge in [-0.2, -0.15) is 0 Å². The number of nitrogens with zero attached hydrogens (tertiary/aromatic N) is 1. The molecular weight excluding hydrogens is 320 g/mol. The Bertz CT molecular complexity index is 627. The lowest BCUT2D eigenvalue weighted by Gasteiger charge is -2.26. The van der Waals surface area contributed by atoms with Gasteiger partial charge in [0.25, 0.3) is 0 Å². The molecule has 2 aliphatic rings. The largest absolute Gasteiger partial charge is 0.388 e. The van der Waals surface area contributed by atoms with Crippen LogP contribution in [0.1, 0.15) is 38.5 Å². The first-order valence-corrected chi connectivity index (χ1v) is 8.98. The van der Waals surface area contributed by atoms with Crippen LogP contribution in [0, 0.1) is 0 Å². The standard InChI is InChI=1S/C18H26N4O3/c23-16(20-13-18(25)8-3-1-2-4-9-18)21-14-6-5-7-15(12-14)22-11-10-19-17(22)24/h5-7,12,25H,1-4,8-11,13H2,(H,19,24)(H2,20,21,23). The summed E-state index contributed by atoms with van der Waals surface area (Å²) in [5.41, 5.74) is 0.557. The zero-order valence-electron chi connectivity index (χ0n) is 14.4. The number of hydrogen-bond acceptors (Lipinski definition) is 3. The Morgan fingerprint density at radius 1 is 1.24 bits per heavy atom. The molecule has 136 valence electrons. The van der Waals surface area contributed by atoms with Crippen molar-refractivity contribution >= 4 is 23.4 Å². The van der Waals surface area contributed by atoms with E-state index in [9.17, 15) is 14.7 Å². The first kappa shape index (κ1) is 17.5. The fraction of sp³-hybridized carbons (Fsp3) is 0.556. The fourth-order valence-corrected chi connectivity index (χ4v) is 3.45. The highest BCUT2D eigenvalue weighted by molar-refractivity contribution is 5.95. The number of amides is 4. The quantitative estimate of drug-likeness (QED) is 0.631. The van der Waals surface area contributed by atoms with E-state index in [4.69, 9.17) is 0 Å². The molecule has 0 aromatic heterocycles. The van der Waals surface area contributed by atoms with Gasteiger partial charge >= 0.3 is 12.1 Å². The van der Waals surface area contributed by atoms with E-state index >= 15 is 0 Å². The molecule has 1 aromatic rings. The van der Waals surface area contributed by atoms with Crippen molar-refractivity contribution in [1.29, 1.82) is 0 Å². The molecule has 4 amide bonds. The SMILES string of the molecule is O=C(NCC1(O)CCCCCC1)Nc1cccc(N2CCNC2=O)c1. The zero-order chi connectivity index (χ0) is 17.7. The van der Waals surface area contributed by atoms with Gasteiger partial charge in [0, 0.05) is 31.0 Å². The molecule has 1 heterocycles. The maximum Gasteiger partial charge on any atom is 0.321 e. The average molecular weight is 346 g/mol. The van der Waals surface area contributed by atoms with Gasteiger partial charge in [-0.1, -0.05) is 31.7 Å². The van der Waals surface area contributed by atoms with Crippen molar-refractivity contribution in [3.63, 3.8) is 0 Å². The maximum absolute atomic E-state index is 12.2. The number of carbonyl (C=O) groups is 2. The number of aliphatic hydroxyl groups is 1. The maximum atomic E-state index is 12.2. The summed E-state index contributed by atoms with van der Waals surface area (Å²) in [6.07, 6.45) is 5.75. The van der Waals surface area contributed by atoms with Crippen LogP contribution in [0.3, 0.4) is 0 Å². The molecule has 7 heteroatoms. The number of anilines is 2. The number of hydrogen-bond donors (Lipinski definition) is 4. The van der Waals surface area contributed by atoms with Crippen molar-refractivity contribution < 1.29 is 14.7 Å². The zero-order valence-corrected chi connectivity index (χ0v) is 14.4. The van der Waals surface area contributed by atoms with Crippen LogP contribution in [0.5, 0.6) is 0 Å². The van der Waals surface area contributed by atoms with Gasteiger partial charge in [-0.25, -0.2) is 9.59 Å². The number of carbonyl (C=O) groups excluding carboxylic acids is 2. The van der Waals surface area contributed by atoms with E-state index in [-0.39, 0.29) is 18.6 Å². The van der Waals surface area contributed by atoms with Crippen LogP contribution in [-0.2, 0) is 0 Å². The minimum Gasteiger partial charge on any atom is -0.388 e. The predicted octanol–water partition coefficient (Wildman–Crippen LogP) is 2.42. The molecule has 1 saturated carbocycles. The molecule has 1 saturated heterocycles. The van der Waals surface area contributed by atoms with E-state index in [1.54, 1.807) is 23.1 Å². The third-order valence-electron chi connectivity index (χ3n) is 4.88. The van der Waals surface area contributed by atoms with E-state index in [2.05, 4.69) is 16.0 Å². The van der Waals surface area contributed by atoms with Gasteiger partial charge in [0.15, 0.2) is 0 Å². The van der Waals surface area contributed by atoms with Crippen molar-refractivity contribution in [2.24, 2.45) is 0 Å². The van der Waals surface area contributed by atoms with Gasteiger partial charge in [0.2, 0.25) is 0 Å². The summed E-state index contributed by atoms with van der Waals surface area (Å²) in [7, 11) is 0. The lowest BCUT2D eigenvalue weighted by atomic mass is 9.95. The van der Waals surface area contributed by atoms with Crippen molar-refractivity contribution in [3.05, 3.63) is 24.3 Å². The monoisotopic (exact) mass is 346 g/mol. The Balaban J connectivity index is 1.55. The molecule has 1 aliphatic heterocycles. The Labute approximate surface area is 147 Å². The molecule has 1 aliphatic carbocycles. The van der Waals surface area contributed by atoms with Crippen molar-refractivity contribution in [1.82, 2.24) is 10.6 Å². The van der Waals surface area contributed by atoms with Crippen molar-refractivity contribution in [3.8, 4) is 0 Å². The van der Waals surface area contributed by atoms with Gasteiger partial charge in [-0.3, -0.25) is 4.90 Å². The Kier molecular flexibility index (Phi) is 5.43. The number of urea groups is 2. The summed E-state index contributed by atoms with van der Waals surface area (Å²) in [5, 5.41) is 18.9. The van der Waals surface area contributed by atoms with Gasteiger partial charge in [0.05, 0.1) is 5.60 Å². The summed E-state index contributed by atoms with van der Waals surface area (Å²) in [5.74, 6) is 0. The predicted molar refractivity (Wildman–Crippen MR) is 96.9 cm³/mol. The second-order valence-corrected chi connectivity index (χ2v) is 6.88. The normalized spacial score (nSPS) is 19.9. The van der Waals surface area contributed by atoms with Crippen LogP contribution in [0.25, 0.3) is 0 Å². The van der Waals surface area contributed by atoms with Crippen molar-refractivity contribution in [2.45, 2.75) is 44.1 Å². The van der Waals surface area contributed by atoms with Crippen LogP contribution >= 0.6 is 0 Å². The molecule has 0 atom stereocenters. The first-order chi connectivity index (χ1) is 12.1. The molecule has 0 radical (unpaired) electrons. The smallest absolute Gasteiger partial charge is 0.321 e. The average Bonchev–Trinajstić information content (AvgIpc) is 2.90. The van der Waals surface area contributed by atoms with Gasteiger partial charge in [-0.05, 0) is 31.0 Å². The molecule has 25 heavy (non-hydrogen) atoms. The highest BCUT2D eigenvalue weighted by Crippen LogP contribution is 2.26.